The quantitative estimate of drug-likeness (QED) is 0.321. The molecule has 0 unspecified atom stereocenters. The van der Waals surface area contributed by atoms with Gasteiger partial charge in [0, 0.05) is 24.9 Å². The summed E-state index contributed by atoms with van der Waals surface area (Å²) in [7, 11) is 0. The van der Waals surface area contributed by atoms with Crippen molar-refractivity contribution in [1.29, 1.82) is 5.26 Å². The fourth-order valence-electron chi connectivity index (χ4n) is 4.06. The van der Waals surface area contributed by atoms with Crippen LogP contribution < -0.4 is 0 Å². The van der Waals surface area contributed by atoms with E-state index in [9.17, 15) is 14.4 Å². The Morgan fingerprint density at radius 2 is 1.83 bits per heavy atom. The van der Waals surface area contributed by atoms with Crippen molar-refractivity contribution in [3.8, 4) is 6.07 Å². The van der Waals surface area contributed by atoms with Gasteiger partial charge in [-0.15, -0.1) is 0 Å². The van der Waals surface area contributed by atoms with Gasteiger partial charge in [0.1, 0.15) is 12.1 Å². The second-order valence-electron chi connectivity index (χ2n) is 8.85. The lowest BCUT2D eigenvalue weighted by Crippen LogP contribution is -2.44. The van der Waals surface area contributed by atoms with E-state index in [0.29, 0.717) is 43.6 Å². The number of aromatic nitrogens is 2. The Kier molecular flexibility index (Phi) is 11.2. The number of rotatable bonds is 7. The van der Waals surface area contributed by atoms with Crippen LogP contribution in [-0.2, 0) is 11.2 Å². The first-order chi connectivity index (χ1) is 17.4. The van der Waals surface area contributed by atoms with E-state index in [-0.39, 0.29) is 11.7 Å². The Balaban J connectivity index is 0.00000222. The van der Waals surface area contributed by atoms with Crippen LogP contribution in [0.2, 0.25) is 0 Å². The maximum atomic E-state index is 13.6. The highest BCUT2D eigenvalue weighted by molar-refractivity contribution is 6.03. The highest BCUT2D eigenvalue weighted by atomic mass is 19.1. The number of carbonyl (C=O) groups excluding carboxylic acids is 1. The maximum absolute atomic E-state index is 13.6. The molecule has 0 radical (unpaired) electrons. The number of piperidine rings is 1. The third kappa shape index (κ3) is 7.71. The van der Waals surface area contributed by atoms with E-state index in [1.807, 2.05) is 43.9 Å². The monoisotopic (exact) mass is 488 g/mol. The molecule has 1 amide bonds. The van der Waals surface area contributed by atoms with E-state index in [2.05, 4.69) is 29.9 Å². The van der Waals surface area contributed by atoms with Crippen molar-refractivity contribution in [1.82, 2.24) is 14.9 Å². The van der Waals surface area contributed by atoms with Crippen LogP contribution in [0.1, 0.15) is 65.1 Å². The van der Waals surface area contributed by atoms with Gasteiger partial charge in [-0.2, -0.15) is 5.26 Å². The fourth-order valence-corrected chi connectivity index (χ4v) is 4.06. The second-order valence-corrected chi connectivity index (χ2v) is 8.85. The molecule has 0 aliphatic carbocycles. The SMILES string of the molecule is CC.CC/C(C)=C/C=C\C(C(=O)N1CCC(C#N)(Cc2ccc(F)cc2)CC1)=C(/C)c1ccncn1. The number of nitriles is 1. The van der Waals surface area contributed by atoms with Crippen LogP contribution in [0.15, 0.2) is 72.2 Å². The molecule has 36 heavy (non-hydrogen) atoms. The molecule has 1 aromatic heterocycles. The molecule has 5 nitrogen and oxygen atoms in total. The zero-order valence-corrected chi connectivity index (χ0v) is 22.1. The van der Waals surface area contributed by atoms with Crippen molar-refractivity contribution in [2.24, 2.45) is 5.41 Å². The van der Waals surface area contributed by atoms with E-state index in [0.717, 1.165) is 17.6 Å². The summed E-state index contributed by atoms with van der Waals surface area (Å²) in [6.45, 7) is 11.0. The summed E-state index contributed by atoms with van der Waals surface area (Å²) in [5.74, 6) is -0.353. The first-order valence-corrected chi connectivity index (χ1v) is 12.6. The molecule has 0 N–H and O–H groups in total. The molecule has 1 fully saturated rings. The van der Waals surface area contributed by atoms with Crippen LogP contribution in [-0.4, -0.2) is 33.9 Å². The maximum Gasteiger partial charge on any atom is 0.254 e. The first-order valence-electron chi connectivity index (χ1n) is 12.6. The number of benzene rings is 1. The summed E-state index contributed by atoms with van der Waals surface area (Å²) in [5, 5.41) is 9.95. The van der Waals surface area contributed by atoms with Crippen molar-refractivity contribution in [2.45, 2.75) is 60.3 Å². The lowest BCUT2D eigenvalue weighted by molar-refractivity contribution is -0.128. The van der Waals surface area contributed by atoms with Crippen molar-refractivity contribution < 1.29 is 9.18 Å². The van der Waals surface area contributed by atoms with Gasteiger partial charge in [0.05, 0.1) is 17.2 Å². The normalized spacial score (nSPS) is 16.0. The molecule has 0 spiro atoms. The molecule has 0 saturated carbocycles. The zero-order chi connectivity index (χ0) is 26.6. The Morgan fingerprint density at radius 3 is 2.39 bits per heavy atom. The molecule has 0 bridgehead atoms. The summed E-state index contributed by atoms with van der Waals surface area (Å²) >= 11 is 0. The van der Waals surface area contributed by atoms with Gasteiger partial charge in [0.15, 0.2) is 0 Å². The number of allylic oxidation sites excluding steroid dienone is 4. The lowest BCUT2D eigenvalue weighted by Gasteiger charge is -2.37. The van der Waals surface area contributed by atoms with Crippen LogP contribution in [0.25, 0.3) is 5.57 Å². The minimum absolute atomic E-state index is 0.0664. The van der Waals surface area contributed by atoms with Crippen LogP contribution in [0.4, 0.5) is 4.39 Å². The van der Waals surface area contributed by atoms with E-state index < -0.39 is 5.41 Å². The van der Waals surface area contributed by atoms with Gasteiger partial charge in [0.2, 0.25) is 0 Å². The number of carbonyl (C=O) groups is 1. The Bertz CT molecular complexity index is 1120. The van der Waals surface area contributed by atoms with Crippen molar-refractivity contribution in [2.75, 3.05) is 13.1 Å². The van der Waals surface area contributed by atoms with E-state index in [1.54, 1.807) is 24.4 Å². The number of halogens is 1. The van der Waals surface area contributed by atoms with Gasteiger partial charge in [-0.1, -0.05) is 50.6 Å². The largest absolute Gasteiger partial charge is 0.339 e. The minimum atomic E-state index is -0.559. The van der Waals surface area contributed by atoms with Gasteiger partial charge in [0.25, 0.3) is 5.91 Å². The van der Waals surface area contributed by atoms with Crippen molar-refractivity contribution in [3.05, 3.63) is 89.3 Å². The Hall–Kier alpha value is -3.59. The molecule has 1 aliphatic rings. The van der Waals surface area contributed by atoms with Gasteiger partial charge in [-0.05, 0) is 74.9 Å². The molecule has 1 aliphatic heterocycles. The van der Waals surface area contributed by atoms with Gasteiger partial charge < -0.3 is 4.90 Å². The standard InChI is InChI=1S/C28H31FN4O.C2H6/c1-4-21(2)6-5-7-25(22(3)26-12-15-31-20-32-26)27(34)33-16-13-28(19-30,14-17-33)18-23-8-10-24(29)11-9-23;1-2/h5-12,15,20H,4,13-14,16-18H2,1-3H3;1-2H3/b7-5-,21-6+,25-22-;. The van der Waals surface area contributed by atoms with Crippen molar-refractivity contribution >= 4 is 11.5 Å². The topological polar surface area (TPSA) is 69.9 Å². The minimum Gasteiger partial charge on any atom is -0.339 e. The third-order valence-electron chi connectivity index (χ3n) is 6.50. The van der Waals surface area contributed by atoms with Crippen LogP contribution in [0.5, 0.6) is 0 Å². The Morgan fingerprint density at radius 1 is 1.17 bits per heavy atom. The average Bonchev–Trinajstić information content (AvgIpc) is 2.93. The average molecular weight is 489 g/mol. The number of nitrogens with zero attached hydrogens (tertiary/aromatic N) is 4. The number of likely N-dealkylation sites (tertiary alicyclic amines) is 1. The molecule has 6 heteroatoms. The predicted molar refractivity (Wildman–Crippen MR) is 143 cm³/mol. The molecular formula is C30H37FN4O. The van der Waals surface area contributed by atoms with Gasteiger partial charge in [-0.25, -0.2) is 14.4 Å². The number of amides is 1. The van der Waals surface area contributed by atoms with E-state index in [1.165, 1.54) is 24.0 Å². The smallest absolute Gasteiger partial charge is 0.254 e. The van der Waals surface area contributed by atoms with Crippen LogP contribution >= 0.6 is 0 Å². The molecule has 2 heterocycles. The fraction of sp³-hybridized carbons (Fsp3) is 0.400. The third-order valence-corrected chi connectivity index (χ3v) is 6.50. The molecular weight excluding hydrogens is 451 g/mol. The van der Waals surface area contributed by atoms with E-state index in [4.69, 9.17) is 0 Å². The summed E-state index contributed by atoms with van der Waals surface area (Å²) in [5.41, 5.74) is 3.68. The van der Waals surface area contributed by atoms with Gasteiger partial charge in [-0.3, -0.25) is 4.79 Å². The lowest BCUT2D eigenvalue weighted by atomic mass is 9.75. The molecule has 3 rings (SSSR count). The van der Waals surface area contributed by atoms with Crippen LogP contribution in [0.3, 0.4) is 0 Å². The molecule has 1 saturated heterocycles. The van der Waals surface area contributed by atoms with Crippen LogP contribution in [0, 0.1) is 22.6 Å². The second kappa shape index (κ2) is 14.1. The zero-order valence-electron chi connectivity index (χ0n) is 22.1. The predicted octanol–water partition coefficient (Wildman–Crippen LogP) is 6.70. The number of hydrogen-bond acceptors (Lipinski definition) is 4. The molecule has 0 atom stereocenters. The summed E-state index contributed by atoms with van der Waals surface area (Å²) in [6, 6.07) is 10.6. The Labute approximate surface area is 215 Å². The molecule has 2 aromatic rings. The summed E-state index contributed by atoms with van der Waals surface area (Å²) in [4.78, 5) is 23.7. The first kappa shape index (κ1) is 28.6. The summed E-state index contributed by atoms with van der Waals surface area (Å²) in [6.07, 6.45) is 11.6. The van der Waals surface area contributed by atoms with E-state index >= 15 is 0 Å². The highest BCUT2D eigenvalue weighted by Crippen LogP contribution is 2.35. The van der Waals surface area contributed by atoms with Crippen molar-refractivity contribution in [3.63, 3.8) is 0 Å². The number of hydrogen-bond donors (Lipinski definition) is 0. The molecule has 190 valence electrons. The summed E-state index contributed by atoms with van der Waals surface area (Å²) < 4.78 is 13.3. The van der Waals surface area contributed by atoms with Gasteiger partial charge >= 0.3 is 0 Å². The highest BCUT2D eigenvalue weighted by Gasteiger charge is 2.37. The molecule has 1 aromatic carbocycles.